The number of anilines is 1. The average Bonchev–Trinajstić information content (AvgIpc) is 2.92. The predicted octanol–water partition coefficient (Wildman–Crippen LogP) is 3.08. The van der Waals surface area contributed by atoms with Crippen molar-refractivity contribution in [3.8, 4) is 0 Å². The van der Waals surface area contributed by atoms with Gasteiger partial charge in [0.2, 0.25) is 5.91 Å². The molecule has 21 heavy (non-hydrogen) atoms. The van der Waals surface area contributed by atoms with Crippen LogP contribution >= 0.6 is 0 Å². The van der Waals surface area contributed by atoms with Crippen molar-refractivity contribution < 1.29 is 4.79 Å². The first kappa shape index (κ1) is 13.2. The van der Waals surface area contributed by atoms with Crippen molar-refractivity contribution in [2.75, 3.05) is 12.8 Å². The van der Waals surface area contributed by atoms with Crippen LogP contribution in [0.3, 0.4) is 0 Å². The van der Waals surface area contributed by atoms with Gasteiger partial charge in [0, 0.05) is 18.7 Å². The lowest BCUT2D eigenvalue weighted by Crippen LogP contribution is -2.32. The minimum atomic E-state index is 0.0972. The highest BCUT2D eigenvalue weighted by molar-refractivity contribution is 5.83. The van der Waals surface area contributed by atoms with Gasteiger partial charge >= 0.3 is 0 Å². The largest absolute Gasteiger partial charge is 0.399 e. The highest BCUT2D eigenvalue weighted by Crippen LogP contribution is 2.69. The molecule has 5 atom stereocenters. The highest BCUT2D eigenvalue weighted by Gasteiger charge is 2.67. The summed E-state index contributed by atoms with van der Waals surface area (Å²) in [6, 6.07) is 7.99. The molecule has 112 valence electrons. The van der Waals surface area contributed by atoms with Crippen molar-refractivity contribution in [1.29, 1.82) is 0 Å². The summed E-state index contributed by atoms with van der Waals surface area (Å²) in [5.41, 5.74) is 7.75. The molecule has 3 aliphatic carbocycles. The number of carbonyl (C=O) groups excluding carboxylic acids is 1. The fourth-order valence-electron chi connectivity index (χ4n) is 5.12. The Hall–Kier alpha value is -1.51. The van der Waals surface area contributed by atoms with Gasteiger partial charge in [-0.2, -0.15) is 0 Å². The van der Waals surface area contributed by atoms with Gasteiger partial charge in [-0.3, -0.25) is 4.79 Å². The summed E-state index contributed by atoms with van der Waals surface area (Å²) in [6.45, 7) is 2.10. The third-order valence-electron chi connectivity index (χ3n) is 6.34. The number of nitrogens with zero attached hydrogens (tertiary/aromatic N) is 1. The van der Waals surface area contributed by atoms with E-state index in [1.807, 2.05) is 30.1 Å². The van der Waals surface area contributed by atoms with E-state index in [0.29, 0.717) is 23.7 Å². The van der Waals surface area contributed by atoms with Crippen LogP contribution in [0.1, 0.15) is 37.8 Å². The van der Waals surface area contributed by atoms with Crippen LogP contribution in [0.15, 0.2) is 24.3 Å². The lowest BCUT2D eigenvalue weighted by molar-refractivity contribution is -0.134. The van der Waals surface area contributed by atoms with E-state index in [2.05, 4.69) is 13.0 Å². The molecule has 4 rings (SSSR count). The zero-order chi connectivity index (χ0) is 14.7. The number of hydrogen-bond donors (Lipinski definition) is 1. The Balaban J connectivity index is 1.48. The number of nitrogen functional groups attached to an aromatic ring is 1. The summed E-state index contributed by atoms with van der Waals surface area (Å²) < 4.78 is 0. The van der Waals surface area contributed by atoms with Crippen LogP contribution in [0.4, 0.5) is 5.69 Å². The third kappa shape index (κ3) is 1.90. The molecule has 3 nitrogen and oxygen atoms in total. The molecule has 2 bridgehead atoms. The van der Waals surface area contributed by atoms with Gasteiger partial charge < -0.3 is 10.6 Å². The average molecular weight is 284 g/mol. The van der Waals surface area contributed by atoms with Crippen molar-refractivity contribution in [2.24, 2.45) is 29.6 Å². The summed E-state index contributed by atoms with van der Waals surface area (Å²) >= 11 is 0. The van der Waals surface area contributed by atoms with Crippen molar-refractivity contribution >= 4 is 11.6 Å². The first-order valence-electron chi connectivity index (χ1n) is 8.20. The maximum atomic E-state index is 12.8. The summed E-state index contributed by atoms with van der Waals surface area (Å²) in [7, 11) is 1.95. The van der Waals surface area contributed by atoms with Crippen LogP contribution in [0.25, 0.3) is 0 Å². The van der Waals surface area contributed by atoms with Crippen molar-refractivity contribution in [3.05, 3.63) is 29.8 Å². The number of amides is 1. The van der Waals surface area contributed by atoms with E-state index >= 15 is 0 Å². The van der Waals surface area contributed by atoms with Gasteiger partial charge in [0.1, 0.15) is 0 Å². The Morgan fingerprint density at radius 1 is 1.29 bits per heavy atom. The second kappa shape index (κ2) is 4.49. The molecule has 0 heterocycles. The van der Waals surface area contributed by atoms with E-state index in [1.165, 1.54) is 19.3 Å². The van der Waals surface area contributed by atoms with Crippen LogP contribution in [0.5, 0.6) is 0 Å². The molecule has 0 saturated heterocycles. The van der Waals surface area contributed by atoms with E-state index in [1.54, 1.807) is 0 Å². The van der Waals surface area contributed by atoms with Crippen molar-refractivity contribution in [3.63, 3.8) is 0 Å². The van der Waals surface area contributed by atoms with Crippen LogP contribution < -0.4 is 5.73 Å². The smallest absolute Gasteiger partial charge is 0.226 e. The summed E-state index contributed by atoms with van der Waals surface area (Å²) in [6.07, 6.45) is 4.13. The topological polar surface area (TPSA) is 46.3 Å². The minimum Gasteiger partial charge on any atom is -0.399 e. The van der Waals surface area contributed by atoms with Gasteiger partial charge in [-0.25, -0.2) is 0 Å². The van der Waals surface area contributed by atoms with E-state index in [9.17, 15) is 4.79 Å². The predicted molar refractivity (Wildman–Crippen MR) is 83.3 cm³/mol. The summed E-state index contributed by atoms with van der Waals surface area (Å²) in [5.74, 6) is 3.81. The summed E-state index contributed by atoms with van der Waals surface area (Å²) in [5, 5.41) is 0. The second-order valence-electron chi connectivity index (χ2n) is 7.31. The minimum absolute atomic E-state index is 0.0972. The van der Waals surface area contributed by atoms with Gasteiger partial charge in [-0.1, -0.05) is 12.1 Å². The lowest BCUT2D eigenvalue weighted by atomic mass is 10.0. The van der Waals surface area contributed by atoms with Crippen LogP contribution in [0, 0.1) is 29.6 Å². The third-order valence-corrected chi connectivity index (χ3v) is 6.34. The monoisotopic (exact) mass is 284 g/mol. The fraction of sp³-hybridized carbons (Fsp3) is 0.611. The van der Waals surface area contributed by atoms with E-state index in [-0.39, 0.29) is 6.04 Å². The molecule has 0 radical (unpaired) electrons. The van der Waals surface area contributed by atoms with Gasteiger partial charge in [-0.15, -0.1) is 0 Å². The number of hydrogen-bond acceptors (Lipinski definition) is 2. The SMILES string of the molecule is CC(c1cccc(N)c1)N(C)C(=O)C1C2C3CCC(C3)C12. The zero-order valence-corrected chi connectivity index (χ0v) is 12.8. The molecule has 3 fully saturated rings. The van der Waals surface area contributed by atoms with Crippen LogP contribution in [-0.4, -0.2) is 17.9 Å². The molecule has 0 aliphatic heterocycles. The molecule has 3 heteroatoms. The number of rotatable bonds is 3. The molecular weight excluding hydrogens is 260 g/mol. The first-order chi connectivity index (χ1) is 10.1. The Kier molecular flexibility index (Phi) is 2.82. The molecular formula is C18H24N2O. The Labute approximate surface area is 126 Å². The first-order valence-corrected chi connectivity index (χ1v) is 8.20. The molecule has 3 aliphatic rings. The number of nitrogens with two attached hydrogens (primary N) is 1. The maximum absolute atomic E-state index is 12.8. The molecule has 0 aromatic heterocycles. The van der Waals surface area contributed by atoms with Crippen LogP contribution in [0.2, 0.25) is 0 Å². The van der Waals surface area contributed by atoms with Gasteiger partial charge in [0.05, 0.1) is 6.04 Å². The van der Waals surface area contributed by atoms with Gasteiger partial charge in [0.15, 0.2) is 0 Å². The maximum Gasteiger partial charge on any atom is 0.226 e. The number of benzene rings is 1. The van der Waals surface area contributed by atoms with Gasteiger partial charge in [-0.05, 0) is 67.6 Å². The Morgan fingerprint density at radius 3 is 2.57 bits per heavy atom. The number of fused-ring (bicyclic) bond motifs is 5. The quantitative estimate of drug-likeness (QED) is 0.867. The number of carbonyl (C=O) groups is 1. The molecule has 1 amide bonds. The zero-order valence-electron chi connectivity index (χ0n) is 12.8. The standard InChI is InChI=1S/C18H24N2O/c1-10(11-4-3-5-14(19)9-11)20(2)18(21)17-15-12-6-7-13(8-12)16(15)17/h3-5,9-10,12-13,15-17H,6-8,19H2,1-2H3. The molecule has 1 aromatic rings. The van der Waals surface area contributed by atoms with Crippen LogP contribution in [-0.2, 0) is 4.79 Å². The lowest BCUT2D eigenvalue weighted by Gasteiger charge is -2.27. The highest BCUT2D eigenvalue weighted by atomic mass is 16.2. The van der Waals surface area contributed by atoms with Gasteiger partial charge in [0.25, 0.3) is 0 Å². The second-order valence-corrected chi connectivity index (χ2v) is 7.31. The molecule has 0 spiro atoms. The molecule has 3 saturated carbocycles. The molecule has 5 unspecified atom stereocenters. The Morgan fingerprint density at radius 2 is 1.95 bits per heavy atom. The van der Waals surface area contributed by atoms with E-state index in [4.69, 9.17) is 5.73 Å². The van der Waals surface area contributed by atoms with E-state index < -0.39 is 0 Å². The normalized spacial score (nSPS) is 37.1. The van der Waals surface area contributed by atoms with Crippen molar-refractivity contribution in [1.82, 2.24) is 4.90 Å². The Bertz CT molecular complexity index is 568. The molecule has 1 aromatic carbocycles. The van der Waals surface area contributed by atoms with Crippen molar-refractivity contribution in [2.45, 2.75) is 32.2 Å². The van der Waals surface area contributed by atoms with E-state index in [0.717, 1.165) is 23.1 Å². The fourth-order valence-corrected chi connectivity index (χ4v) is 5.12. The molecule has 2 N–H and O–H groups in total. The summed E-state index contributed by atoms with van der Waals surface area (Å²) in [4.78, 5) is 14.8.